The highest BCUT2D eigenvalue weighted by molar-refractivity contribution is 5.78. The number of likely N-dealkylation sites (tertiary alicyclic amines) is 1. The van der Waals surface area contributed by atoms with E-state index >= 15 is 0 Å². The zero-order valence-electron chi connectivity index (χ0n) is 9.21. The van der Waals surface area contributed by atoms with Crippen LogP contribution in [0.25, 0.3) is 0 Å². The van der Waals surface area contributed by atoms with Gasteiger partial charge in [0.2, 0.25) is 0 Å². The van der Waals surface area contributed by atoms with Crippen LogP contribution in [0.1, 0.15) is 27.2 Å². The molecule has 0 radical (unpaired) electrons. The van der Waals surface area contributed by atoms with Crippen molar-refractivity contribution in [1.82, 2.24) is 4.90 Å². The van der Waals surface area contributed by atoms with Crippen molar-refractivity contribution < 1.29 is 9.90 Å². The van der Waals surface area contributed by atoms with E-state index in [1.165, 1.54) is 0 Å². The number of nitrogens with zero attached hydrogens (tertiary/aromatic N) is 1. The van der Waals surface area contributed by atoms with Gasteiger partial charge in [-0.2, -0.15) is 0 Å². The van der Waals surface area contributed by atoms with Crippen molar-refractivity contribution in [2.24, 2.45) is 11.1 Å². The number of carbonyl (C=O) groups is 1. The van der Waals surface area contributed by atoms with Crippen molar-refractivity contribution in [3.8, 4) is 0 Å². The van der Waals surface area contributed by atoms with Gasteiger partial charge in [-0.05, 0) is 25.3 Å². The van der Waals surface area contributed by atoms with Crippen molar-refractivity contribution in [2.75, 3.05) is 19.6 Å². The van der Waals surface area contributed by atoms with Crippen molar-refractivity contribution in [3.63, 3.8) is 0 Å². The van der Waals surface area contributed by atoms with E-state index in [4.69, 9.17) is 10.8 Å². The summed E-state index contributed by atoms with van der Waals surface area (Å²) in [5.41, 5.74) is 4.86. The molecule has 1 aliphatic rings. The SMILES string of the molecule is CC1(C)CCN(CC(C)(N)C(=O)O)C1. The van der Waals surface area contributed by atoms with Gasteiger partial charge in [0, 0.05) is 13.1 Å². The lowest BCUT2D eigenvalue weighted by Gasteiger charge is -2.27. The van der Waals surface area contributed by atoms with E-state index in [2.05, 4.69) is 18.7 Å². The van der Waals surface area contributed by atoms with Gasteiger partial charge in [0.15, 0.2) is 0 Å². The van der Waals surface area contributed by atoms with Gasteiger partial charge in [-0.1, -0.05) is 13.8 Å². The van der Waals surface area contributed by atoms with E-state index < -0.39 is 11.5 Å². The van der Waals surface area contributed by atoms with Gasteiger partial charge in [0.25, 0.3) is 0 Å². The molecule has 14 heavy (non-hydrogen) atoms. The third kappa shape index (κ3) is 2.69. The Kier molecular flexibility index (Phi) is 2.88. The van der Waals surface area contributed by atoms with E-state index in [-0.39, 0.29) is 0 Å². The molecule has 1 aliphatic heterocycles. The zero-order valence-corrected chi connectivity index (χ0v) is 9.21. The normalized spacial score (nSPS) is 26.0. The lowest BCUT2D eigenvalue weighted by molar-refractivity contribution is -0.143. The summed E-state index contributed by atoms with van der Waals surface area (Å²) < 4.78 is 0. The number of hydrogen-bond donors (Lipinski definition) is 2. The molecule has 0 aromatic rings. The smallest absolute Gasteiger partial charge is 0.324 e. The Labute approximate surface area is 85.1 Å². The summed E-state index contributed by atoms with van der Waals surface area (Å²) in [6, 6.07) is 0. The Morgan fingerprint density at radius 2 is 2.21 bits per heavy atom. The van der Waals surface area contributed by atoms with E-state index in [0.29, 0.717) is 12.0 Å². The highest BCUT2D eigenvalue weighted by Gasteiger charge is 2.36. The molecule has 0 spiro atoms. The predicted octanol–water partition coefficient (Wildman–Crippen LogP) is 0.520. The quantitative estimate of drug-likeness (QED) is 0.697. The fourth-order valence-electron chi connectivity index (χ4n) is 1.89. The molecule has 0 bridgehead atoms. The first kappa shape index (κ1) is 11.5. The fourth-order valence-corrected chi connectivity index (χ4v) is 1.89. The van der Waals surface area contributed by atoms with Gasteiger partial charge in [-0.15, -0.1) is 0 Å². The van der Waals surface area contributed by atoms with Gasteiger partial charge < -0.3 is 15.7 Å². The molecule has 4 heteroatoms. The van der Waals surface area contributed by atoms with Gasteiger partial charge in [-0.3, -0.25) is 4.79 Å². The molecule has 1 heterocycles. The molecule has 82 valence electrons. The van der Waals surface area contributed by atoms with Gasteiger partial charge in [-0.25, -0.2) is 0 Å². The number of nitrogens with two attached hydrogens (primary N) is 1. The maximum absolute atomic E-state index is 10.8. The number of carboxylic acid groups (broad SMARTS) is 1. The Morgan fingerprint density at radius 1 is 1.64 bits per heavy atom. The summed E-state index contributed by atoms with van der Waals surface area (Å²) in [5, 5.41) is 8.88. The molecule has 1 fully saturated rings. The average molecular weight is 200 g/mol. The Hall–Kier alpha value is -0.610. The third-order valence-corrected chi connectivity index (χ3v) is 2.80. The first-order valence-electron chi connectivity index (χ1n) is 4.98. The minimum atomic E-state index is -1.12. The second-order valence-electron chi connectivity index (χ2n) is 5.35. The number of rotatable bonds is 3. The number of aliphatic carboxylic acids is 1. The number of hydrogen-bond acceptors (Lipinski definition) is 3. The standard InChI is InChI=1S/C10H20N2O2/c1-9(2)4-5-12(6-9)7-10(3,11)8(13)14/h4-7,11H2,1-3H3,(H,13,14). The van der Waals surface area contributed by atoms with Crippen LogP contribution in [0.15, 0.2) is 0 Å². The van der Waals surface area contributed by atoms with E-state index in [9.17, 15) is 4.79 Å². The van der Waals surface area contributed by atoms with Crippen LogP contribution in [0.5, 0.6) is 0 Å². The van der Waals surface area contributed by atoms with Crippen LogP contribution in [0.2, 0.25) is 0 Å². The van der Waals surface area contributed by atoms with Crippen LogP contribution >= 0.6 is 0 Å². The van der Waals surface area contributed by atoms with Gasteiger partial charge in [0.1, 0.15) is 5.54 Å². The Balaban J connectivity index is 2.51. The lowest BCUT2D eigenvalue weighted by atomic mass is 9.93. The zero-order chi connectivity index (χ0) is 11.0. The topological polar surface area (TPSA) is 66.6 Å². The molecule has 4 nitrogen and oxygen atoms in total. The van der Waals surface area contributed by atoms with Gasteiger partial charge >= 0.3 is 5.97 Å². The first-order chi connectivity index (χ1) is 6.23. The second-order valence-corrected chi connectivity index (χ2v) is 5.35. The average Bonchev–Trinajstić information content (AvgIpc) is 2.28. The molecular formula is C10H20N2O2. The van der Waals surface area contributed by atoms with Crippen molar-refractivity contribution in [1.29, 1.82) is 0 Å². The summed E-state index contributed by atoms with van der Waals surface area (Å²) in [5.74, 6) is -0.929. The van der Waals surface area contributed by atoms with Crippen molar-refractivity contribution >= 4 is 5.97 Å². The molecule has 3 N–H and O–H groups in total. The monoisotopic (exact) mass is 200 g/mol. The molecule has 0 aromatic carbocycles. The Bertz CT molecular complexity index is 236. The number of carboxylic acids is 1. The molecule has 0 amide bonds. The van der Waals surface area contributed by atoms with Gasteiger partial charge in [0.05, 0.1) is 0 Å². The minimum absolute atomic E-state index is 0.300. The molecule has 0 aromatic heterocycles. The molecule has 0 aliphatic carbocycles. The van der Waals surface area contributed by atoms with Crippen LogP contribution in [0, 0.1) is 5.41 Å². The first-order valence-corrected chi connectivity index (χ1v) is 4.98. The highest BCUT2D eigenvalue weighted by atomic mass is 16.4. The van der Waals surface area contributed by atoms with E-state index in [0.717, 1.165) is 19.5 Å². The van der Waals surface area contributed by atoms with Crippen LogP contribution in [0.3, 0.4) is 0 Å². The van der Waals surface area contributed by atoms with Crippen LogP contribution < -0.4 is 5.73 Å². The summed E-state index contributed by atoms with van der Waals surface area (Å²) in [6.45, 7) is 8.29. The minimum Gasteiger partial charge on any atom is -0.480 e. The fraction of sp³-hybridized carbons (Fsp3) is 0.900. The molecule has 1 atom stereocenters. The molecule has 1 saturated heterocycles. The molecular weight excluding hydrogens is 180 g/mol. The van der Waals surface area contributed by atoms with Crippen molar-refractivity contribution in [3.05, 3.63) is 0 Å². The van der Waals surface area contributed by atoms with Crippen LogP contribution in [0.4, 0.5) is 0 Å². The maximum Gasteiger partial charge on any atom is 0.324 e. The van der Waals surface area contributed by atoms with Crippen LogP contribution in [-0.2, 0) is 4.79 Å². The second kappa shape index (κ2) is 3.51. The summed E-state index contributed by atoms with van der Waals surface area (Å²) in [7, 11) is 0. The largest absolute Gasteiger partial charge is 0.480 e. The molecule has 0 saturated carbocycles. The summed E-state index contributed by atoms with van der Waals surface area (Å²) in [6.07, 6.45) is 1.11. The van der Waals surface area contributed by atoms with Crippen molar-refractivity contribution in [2.45, 2.75) is 32.7 Å². The van der Waals surface area contributed by atoms with E-state index in [1.807, 2.05) is 0 Å². The summed E-state index contributed by atoms with van der Waals surface area (Å²) in [4.78, 5) is 13.0. The highest BCUT2D eigenvalue weighted by Crippen LogP contribution is 2.29. The third-order valence-electron chi connectivity index (χ3n) is 2.80. The van der Waals surface area contributed by atoms with Crippen LogP contribution in [-0.4, -0.2) is 41.1 Å². The molecule has 1 unspecified atom stereocenters. The molecule has 1 rings (SSSR count). The summed E-state index contributed by atoms with van der Waals surface area (Å²) >= 11 is 0. The predicted molar refractivity (Wildman–Crippen MR) is 55.1 cm³/mol. The van der Waals surface area contributed by atoms with E-state index in [1.54, 1.807) is 6.92 Å². The maximum atomic E-state index is 10.8. The lowest BCUT2D eigenvalue weighted by Crippen LogP contribution is -2.53. The Morgan fingerprint density at radius 3 is 2.57 bits per heavy atom.